The van der Waals surface area contributed by atoms with Gasteiger partial charge in [0.1, 0.15) is 0 Å². The lowest BCUT2D eigenvalue weighted by Crippen LogP contribution is -2.16. The summed E-state index contributed by atoms with van der Waals surface area (Å²) < 4.78 is 0. The van der Waals surface area contributed by atoms with Crippen LogP contribution >= 0.6 is 0 Å². The van der Waals surface area contributed by atoms with Crippen molar-refractivity contribution in [2.24, 2.45) is 9.98 Å². The molecule has 0 fully saturated rings. The van der Waals surface area contributed by atoms with E-state index in [-0.39, 0.29) is 5.91 Å². The van der Waals surface area contributed by atoms with Gasteiger partial charge in [0, 0.05) is 36.1 Å². The maximum absolute atomic E-state index is 12.5. The van der Waals surface area contributed by atoms with E-state index in [4.69, 9.17) is 5.73 Å². The number of nitrogens with one attached hydrogen (secondary N) is 2. The molecule has 4 rings (SSSR count). The van der Waals surface area contributed by atoms with Gasteiger partial charge in [0.15, 0.2) is 0 Å². The number of carbonyl (C=O) groups excluding carboxylic acids is 1. The Bertz CT molecular complexity index is 1150. The first-order valence-electron chi connectivity index (χ1n) is 9.88. The van der Waals surface area contributed by atoms with Gasteiger partial charge in [-0.2, -0.15) is 0 Å². The molecule has 2 heterocycles. The van der Waals surface area contributed by atoms with Crippen LogP contribution in [-0.4, -0.2) is 22.6 Å². The average Bonchev–Trinajstić information content (AvgIpc) is 3.06. The molecule has 1 amide bonds. The fourth-order valence-corrected chi connectivity index (χ4v) is 3.04. The number of nitrogens with zero attached hydrogens (tertiary/aromatic N) is 3. The minimum absolute atomic E-state index is 0.211. The second-order valence-corrected chi connectivity index (χ2v) is 6.93. The van der Waals surface area contributed by atoms with Gasteiger partial charge in [-0.3, -0.25) is 9.78 Å². The predicted octanol–water partition coefficient (Wildman–Crippen LogP) is 3.77. The Morgan fingerprint density at radius 2 is 1.94 bits per heavy atom. The van der Waals surface area contributed by atoms with Crippen molar-refractivity contribution in [2.75, 3.05) is 11.1 Å². The standard InChI is InChI=1S/C24H22N6O/c25-20-6-1-2-7-22(20)29-23(31)18-11-9-17(10-12-18)15-28-24-27-14-4-8-21(30-24)19-5-3-13-26-16-19/h1-7,9-14,16H,8,15,25H2,(H,27,28)(H,29,31). The lowest BCUT2D eigenvalue weighted by molar-refractivity contribution is 0.102. The summed E-state index contributed by atoms with van der Waals surface area (Å²) in [6, 6.07) is 18.3. The van der Waals surface area contributed by atoms with E-state index < -0.39 is 0 Å². The molecule has 2 aromatic carbocycles. The minimum Gasteiger partial charge on any atom is -0.397 e. The van der Waals surface area contributed by atoms with E-state index in [1.165, 1.54) is 0 Å². The Hall–Kier alpha value is -4.26. The molecule has 1 aliphatic heterocycles. The molecule has 0 unspecified atom stereocenters. The molecule has 0 radical (unpaired) electrons. The van der Waals surface area contributed by atoms with Crippen LogP contribution in [0.25, 0.3) is 0 Å². The van der Waals surface area contributed by atoms with Crippen LogP contribution in [0, 0.1) is 0 Å². The highest BCUT2D eigenvalue weighted by Gasteiger charge is 2.09. The quantitative estimate of drug-likeness (QED) is 0.557. The molecule has 1 aliphatic rings. The molecule has 0 aliphatic carbocycles. The molecule has 4 N–H and O–H groups in total. The van der Waals surface area contributed by atoms with Crippen molar-refractivity contribution >= 4 is 29.0 Å². The third kappa shape index (κ3) is 5.22. The highest BCUT2D eigenvalue weighted by atomic mass is 16.1. The van der Waals surface area contributed by atoms with Gasteiger partial charge in [-0.15, -0.1) is 0 Å². The Labute approximate surface area is 180 Å². The van der Waals surface area contributed by atoms with E-state index in [0.717, 1.165) is 16.8 Å². The summed E-state index contributed by atoms with van der Waals surface area (Å²) in [6.07, 6.45) is 8.08. The van der Waals surface area contributed by atoms with Gasteiger partial charge in [0.2, 0.25) is 5.96 Å². The Balaban J connectivity index is 1.44. The number of hydrogen-bond donors (Lipinski definition) is 3. The largest absolute Gasteiger partial charge is 0.397 e. The van der Waals surface area contributed by atoms with E-state index in [0.29, 0.717) is 35.9 Å². The normalized spacial score (nSPS) is 14.5. The van der Waals surface area contributed by atoms with Crippen molar-refractivity contribution in [1.82, 2.24) is 10.3 Å². The number of anilines is 2. The number of rotatable bonds is 5. The number of hydrogen-bond acceptors (Lipinski definition) is 4. The lowest BCUT2D eigenvalue weighted by atomic mass is 10.1. The fourth-order valence-electron chi connectivity index (χ4n) is 3.04. The van der Waals surface area contributed by atoms with Crippen molar-refractivity contribution in [2.45, 2.75) is 13.0 Å². The smallest absolute Gasteiger partial charge is 0.255 e. The fraction of sp³-hybridized carbons (Fsp3) is 0.0833. The van der Waals surface area contributed by atoms with E-state index in [1.54, 1.807) is 36.7 Å². The number of allylic oxidation sites excluding steroid dienone is 1. The lowest BCUT2D eigenvalue weighted by Gasteiger charge is -2.08. The highest BCUT2D eigenvalue weighted by molar-refractivity contribution is 6.08. The summed E-state index contributed by atoms with van der Waals surface area (Å²) in [4.78, 5) is 25.8. The van der Waals surface area contributed by atoms with Gasteiger partial charge in [0.25, 0.3) is 5.91 Å². The molecule has 0 atom stereocenters. The first-order valence-corrected chi connectivity index (χ1v) is 9.88. The number of nitrogens with two attached hydrogens (primary N) is 1. The molecular weight excluding hydrogens is 388 g/mol. The second kappa shape index (κ2) is 9.49. The Morgan fingerprint density at radius 1 is 1.10 bits per heavy atom. The van der Waals surface area contributed by atoms with Crippen molar-refractivity contribution in [3.05, 3.63) is 102 Å². The Kier molecular flexibility index (Phi) is 6.13. The van der Waals surface area contributed by atoms with E-state index in [2.05, 4.69) is 25.6 Å². The molecule has 154 valence electrons. The average molecular weight is 410 g/mol. The molecule has 0 saturated heterocycles. The van der Waals surface area contributed by atoms with Gasteiger partial charge in [-0.25, -0.2) is 9.98 Å². The van der Waals surface area contributed by atoms with Gasteiger partial charge in [-0.1, -0.05) is 36.4 Å². The SMILES string of the molecule is Nc1ccccc1NC(=O)c1ccc(CN=C2N=C(c3cccnc3)CC=CN2)cc1. The van der Waals surface area contributed by atoms with Crippen LogP contribution in [0.1, 0.15) is 27.9 Å². The van der Waals surface area contributed by atoms with Crippen LogP contribution in [0.3, 0.4) is 0 Å². The third-order valence-corrected chi connectivity index (χ3v) is 4.71. The van der Waals surface area contributed by atoms with Crippen molar-refractivity contribution in [3.63, 3.8) is 0 Å². The van der Waals surface area contributed by atoms with Gasteiger partial charge < -0.3 is 16.4 Å². The predicted molar refractivity (Wildman–Crippen MR) is 124 cm³/mol. The highest BCUT2D eigenvalue weighted by Crippen LogP contribution is 2.18. The molecule has 1 aromatic heterocycles. The summed E-state index contributed by atoms with van der Waals surface area (Å²) in [6.45, 7) is 0.438. The zero-order valence-electron chi connectivity index (χ0n) is 16.8. The Morgan fingerprint density at radius 3 is 2.71 bits per heavy atom. The van der Waals surface area contributed by atoms with Crippen LogP contribution < -0.4 is 16.4 Å². The zero-order valence-corrected chi connectivity index (χ0v) is 16.8. The minimum atomic E-state index is -0.211. The maximum atomic E-state index is 12.5. The zero-order chi connectivity index (χ0) is 21.5. The molecule has 7 heteroatoms. The maximum Gasteiger partial charge on any atom is 0.255 e. The number of pyridine rings is 1. The second-order valence-electron chi connectivity index (χ2n) is 6.93. The number of aromatic nitrogens is 1. The first kappa shape index (κ1) is 20.0. The van der Waals surface area contributed by atoms with E-state index >= 15 is 0 Å². The van der Waals surface area contributed by atoms with Crippen molar-refractivity contribution < 1.29 is 4.79 Å². The van der Waals surface area contributed by atoms with Crippen LogP contribution in [0.2, 0.25) is 0 Å². The molecule has 0 saturated carbocycles. The van der Waals surface area contributed by atoms with Gasteiger partial charge in [-0.05, 0) is 35.9 Å². The number of amides is 1. The molecule has 7 nitrogen and oxygen atoms in total. The number of aliphatic imine (C=N–C) groups is 2. The van der Waals surface area contributed by atoms with Crippen molar-refractivity contribution in [1.29, 1.82) is 0 Å². The number of para-hydroxylation sites is 2. The summed E-state index contributed by atoms with van der Waals surface area (Å²) in [7, 11) is 0. The molecule has 0 bridgehead atoms. The summed E-state index contributed by atoms with van der Waals surface area (Å²) >= 11 is 0. The topological polar surface area (TPSA) is 105 Å². The van der Waals surface area contributed by atoms with Gasteiger partial charge in [0.05, 0.1) is 23.6 Å². The molecule has 0 spiro atoms. The number of guanidine groups is 1. The number of nitrogen functional groups attached to an aromatic ring is 1. The molecular formula is C24H22N6O. The first-order chi connectivity index (χ1) is 15.2. The third-order valence-electron chi connectivity index (χ3n) is 4.71. The summed E-state index contributed by atoms with van der Waals surface area (Å²) in [5.41, 5.74) is 10.4. The van der Waals surface area contributed by atoms with Gasteiger partial charge >= 0.3 is 0 Å². The van der Waals surface area contributed by atoms with Crippen LogP contribution in [-0.2, 0) is 6.54 Å². The van der Waals surface area contributed by atoms with Crippen molar-refractivity contribution in [3.8, 4) is 0 Å². The monoisotopic (exact) mass is 410 g/mol. The molecule has 3 aromatic rings. The van der Waals surface area contributed by atoms with Crippen LogP contribution in [0.5, 0.6) is 0 Å². The number of carbonyl (C=O) groups is 1. The molecule has 31 heavy (non-hydrogen) atoms. The van der Waals surface area contributed by atoms with Crippen LogP contribution in [0.15, 0.2) is 95.3 Å². The van der Waals surface area contributed by atoms with E-state index in [1.807, 2.05) is 48.7 Å². The number of benzene rings is 2. The van der Waals surface area contributed by atoms with Crippen LogP contribution in [0.4, 0.5) is 11.4 Å². The summed E-state index contributed by atoms with van der Waals surface area (Å²) in [5.74, 6) is 0.325. The van der Waals surface area contributed by atoms with E-state index in [9.17, 15) is 4.79 Å². The summed E-state index contributed by atoms with van der Waals surface area (Å²) in [5, 5.41) is 5.92.